The van der Waals surface area contributed by atoms with E-state index >= 15 is 0 Å². The fraction of sp³-hybridized carbons (Fsp3) is 0.294. The zero-order chi connectivity index (χ0) is 15.1. The van der Waals surface area contributed by atoms with E-state index in [9.17, 15) is 0 Å². The van der Waals surface area contributed by atoms with Crippen LogP contribution in [0.25, 0.3) is 11.1 Å². The highest BCUT2D eigenvalue weighted by atomic mass is 16.5. The van der Waals surface area contributed by atoms with Gasteiger partial charge < -0.3 is 10.1 Å². The van der Waals surface area contributed by atoms with Crippen LogP contribution in [-0.4, -0.2) is 25.7 Å². The Kier molecular flexibility index (Phi) is 5.44. The Bertz CT molecular complexity index is 629. The molecule has 0 aliphatic carbocycles. The van der Waals surface area contributed by atoms with Gasteiger partial charge in [-0.05, 0) is 49.3 Å². The quantitative estimate of drug-likeness (QED) is 0.872. The van der Waals surface area contributed by atoms with E-state index in [-0.39, 0.29) is 0 Å². The Balaban J connectivity index is 0.000000497. The predicted octanol–water partition coefficient (Wildman–Crippen LogP) is 2.53. The van der Waals surface area contributed by atoms with Gasteiger partial charge in [0.2, 0.25) is 0 Å². The number of fused-ring (bicyclic) bond motifs is 1. The number of nitriles is 1. The molecule has 1 aliphatic rings. The number of aromatic nitrogens is 1. The summed E-state index contributed by atoms with van der Waals surface area (Å²) >= 11 is 0. The second kappa shape index (κ2) is 7.53. The van der Waals surface area contributed by atoms with Crippen molar-refractivity contribution in [3.63, 3.8) is 0 Å². The third-order valence-corrected chi connectivity index (χ3v) is 3.22. The molecule has 108 valence electrons. The molecule has 1 aliphatic heterocycles. The van der Waals surface area contributed by atoms with Crippen LogP contribution in [0.2, 0.25) is 0 Å². The smallest absolute Gasteiger partial charge is 0.140 e. The van der Waals surface area contributed by atoms with Crippen molar-refractivity contribution >= 4 is 0 Å². The van der Waals surface area contributed by atoms with Crippen LogP contribution in [0, 0.1) is 11.3 Å². The number of nitrogens with one attached hydrogen (secondary N) is 1. The lowest BCUT2D eigenvalue weighted by Gasteiger charge is -2.19. The van der Waals surface area contributed by atoms with Crippen molar-refractivity contribution in [2.75, 3.05) is 20.7 Å². The molecule has 0 spiro atoms. The second-order valence-electron chi connectivity index (χ2n) is 4.79. The molecular formula is C17H19N3O. The molecule has 0 amide bonds. The van der Waals surface area contributed by atoms with Crippen molar-refractivity contribution in [1.82, 2.24) is 10.3 Å². The van der Waals surface area contributed by atoms with Crippen molar-refractivity contribution in [3.05, 3.63) is 53.3 Å². The van der Waals surface area contributed by atoms with Gasteiger partial charge in [-0.25, -0.2) is 4.98 Å². The lowest BCUT2D eigenvalue weighted by atomic mass is 9.93. The van der Waals surface area contributed by atoms with E-state index in [0.717, 1.165) is 18.6 Å². The molecule has 21 heavy (non-hydrogen) atoms. The van der Waals surface area contributed by atoms with Crippen LogP contribution in [0.5, 0.6) is 0 Å². The van der Waals surface area contributed by atoms with E-state index < -0.39 is 0 Å². The van der Waals surface area contributed by atoms with Crippen LogP contribution in [0.4, 0.5) is 0 Å². The minimum absolute atomic E-state index is 0.451. The summed E-state index contributed by atoms with van der Waals surface area (Å²) in [5.74, 6) is 0. The molecule has 0 saturated carbocycles. The maximum atomic E-state index is 8.76. The monoisotopic (exact) mass is 281 g/mol. The van der Waals surface area contributed by atoms with Gasteiger partial charge in [0.15, 0.2) is 0 Å². The summed E-state index contributed by atoms with van der Waals surface area (Å²) in [6.07, 6.45) is 2.70. The normalized spacial score (nSPS) is 12.6. The Morgan fingerprint density at radius 1 is 1.24 bits per heavy atom. The van der Waals surface area contributed by atoms with Crippen molar-refractivity contribution in [2.24, 2.45) is 0 Å². The molecule has 0 unspecified atom stereocenters. The molecule has 0 saturated heterocycles. The lowest BCUT2D eigenvalue weighted by Crippen LogP contribution is -2.10. The summed E-state index contributed by atoms with van der Waals surface area (Å²) in [5.41, 5.74) is 5.31. The van der Waals surface area contributed by atoms with E-state index in [2.05, 4.69) is 22.4 Å². The number of hydrogen-bond donors (Lipinski definition) is 1. The summed E-state index contributed by atoms with van der Waals surface area (Å²) in [6.45, 7) is 1.46. The number of ether oxygens (including phenoxy) is 1. The van der Waals surface area contributed by atoms with Gasteiger partial charge in [0.1, 0.15) is 11.8 Å². The van der Waals surface area contributed by atoms with Crippen molar-refractivity contribution in [3.8, 4) is 17.2 Å². The van der Waals surface area contributed by atoms with Gasteiger partial charge in [-0.3, -0.25) is 0 Å². The van der Waals surface area contributed by atoms with Crippen LogP contribution in [0.1, 0.15) is 16.8 Å². The van der Waals surface area contributed by atoms with Crippen LogP contribution in [-0.2, 0) is 17.8 Å². The number of nitrogens with zero attached hydrogens (tertiary/aromatic N) is 2. The number of rotatable bonds is 1. The molecule has 1 aromatic heterocycles. The van der Waals surface area contributed by atoms with E-state index in [0.29, 0.717) is 12.3 Å². The minimum Gasteiger partial charge on any atom is -0.376 e. The van der Waals surface area contributed by atoms with Gasteiger partial charge in [-0.15, -0.1) is 0 Å². The molecule has 1 N–H and O–H groups in total. The number of hydrogen-bond acceptors (Lipinski definition) is 4. The van der Waals surface area contributed by atoms with Crippen LogP contribution < -0.4 is 5.32 Å². The summed E-state index contributed by atoms with van der Waals surface area (Å²) in [5, 5.41) is 11.5. The zero-order valence-corrected chi connectivity index (χ0v) is 12.4. The van der Waals surface area contributed by atoms with E-state index in [1.165, 1.54) is 16.7 Å². The first kappa shape index (κ1) is 15.2. The topological polar surface area (TPSA) is 57.9 Å². The molecule has 1 aromatic carbocycles. The maximum Gasteiger partial charge on any atom is 0.140 e. The standard InChI is InChI=1S/C15H12N2O.C2H7N/c16-8-13-5-4-11(9-17-13)14-3-1-2-12-10-18-7-6-15(12)14;1-3-2/h1-5,9H,6-7,10H2;3H,1-2H3. The third kappa shape index (κ3) is 3.66. The first-order valence-electron chi connectivity index (χ1n) is 6.93. The number of pyridine rings is 1. The molecule has 0 radical (unpaired) electrons. The fourth-order valence-electron chi connectivity index (χ4n) is 2.31. The fourth-order valence-corrected chi connectivity index (χ4v) is 2.31. The Morgan fingerprint density at radius 2 is 2.05 bits per heavy atom. The number of benzene rings is 1. The third-order valence-electron chi connectivity index (χ3n) is 3.22. The Morgan fingerprint density at radius 3 is 2.71 bits per heavy atom. The first-order valence-corrected chi connectivity index (χ1v) is 6.93. The SMILES string of the molecule is CNC.N#Cc1ccc(-c2cccc3c2CCOC3)cn1. The summed E-state index contributed by atoms with van der Waals surface area (Å²) in [6, 6.07) is 12.0. The molecule has 2 heterocycles. The molecule has 0 atom stereocenters. The largest absolute Gasteiger partial charge is 0.376 e. The van der Waals surface area contributed by atoms with Gasteiger partial charge in [0, 0.05) is 11.8 Å². The summed E-state index contributed by atoms with van der Waals surface area (Å²) < 4.78 is 5.46. The Hall–Kier alpha value is -2.22. The molecular weight excluding hydrogens is 262 g/mol. The lowest BCUT2D eigenvalue weighted by molar-refractivity contribution is 0.111. The second-order valence-corrected chi connectivity index (χ2v) is 4.79. The molecule has 4 heteroatoms. The van der Waals surface area contributed by atoms with Crippen LogP contribution >= 0.6 is 0 Å². The van der Waals surface area contributed by atoms with Crippen molar-refractivity contribution in [1.29, 1.82) is 5.26 Å². The molecule has 0 bridgehead atoms. The molecule has 2 aromatic rings. The highest BCUT2D eigenvalue weighted by Crippen LogP contribution is 2.29. The van der Waals surface area contributed by atoms with E-state index in [1.807, 2.05) is 32.3 Å². The Labute approximate surface area is 125 Å². The van der Waals surface area contributed by atoms with Gasteiger partial charge in [-0.2, -0.15) is 5.26 Å². The minimum atomic E-state index is 0.451. The summed E-state index contributed by atoms with van der Waals surface area (Å²) in [7, 11) is 3.75. The maximum absolute atomic E-state index is 8.76. The first-order chi connectivity index (χ1) is 10.3. The van der Waals surface area contributed by atoms with Gasteiger partial charge >= 0.3 is 0 Å². The van der Waals surface area contributed by atoms with Gasteiger partial charge in [-0.1, -0.05) is 18.2 Å². The van der Waals surface area contributed by atoms with Crippen LogP contribution in [0.3, 0.4) is 0 Å². The van der Waals surface area contributed by atoms with Crippen molar-refractivity contribution in [2.45, 2.75) is 13.0 Å². The average molecular weight is 281 g/mol. The summed E-state index contributed by atoms with van der Waals surface area (Å²) in [4.78, 5) is 4.13. The van der Waals surface area contributed by atoms with Crippen molar-refractivity contribution < 1.29 is 4.74 Å². The molecule has 0 fully saturated rings. The molecule has 3 rings (SSSR count). The zero-order valence-electron chi connectivity index (χ0n) is 12.4. The van der Waals surface area contributed by atoms with Gasteiger partial charge in [0.25, 0.3) is 0 Å². The van der Waals surface area contributed by atoms with E-state index in [1.54, 1.807) is 12.3 Å². The molecule has 4 nitrogen and oxygen atoms in total. The van der Waals surface area contributed by atoms with Crippen LogP contribution in [0.15, 0.2) is 36.5 Å². The average Bonchev–Trinajstić information content (AvgIpc) is 2.55. The highest BCUT2D eigenvalue weighted by molar-refractivity contribution is 5.68. The van der Waals surface area contributed by atoms with E-state index in [4.69, 9.17) is 10.00 Å². The van der Waals surface area contributed by atoms with Gasteiger partial charge in [0.05, 0.1) is 13.2 Å². The predicted molar refractivity (Wildman–Crippen MR) is 82.7 cm³/mol. The highest BCUT2D eigenvalue weighted by Gasteiger charge is 2.14.